The molecule has 0 bridgehead atoms. The van der Waals surface area contributed by atoms with Crippen LogP contribution < -0.4 is 4.74 Å². The average molecular weight is 229 g/mol. The lowest BCUT2D eigenvalue weighted by Gasteiger charge is -2.12. The number of non-ortho nitro benzene ring substituents is 1. The van der Waals surface area contributed by atoms with E-state index < -0.39 is 17.7 Å². The zero-order valence-electron chi connectivity index (χ0n) is 8.72. The topological polar surface area (TPSA) is 72.6 Å². The van der Waals surface area contributed by atoms with Crippen molar-refractivity contribution in [3.63, 3.8) is 0 Å². The van der Waals surface area contributed by atoms with Gasteiger partial charge >= 0.3 is 0 Å². The molecule has 1 aromatic rings. The van der Waals surface area contributed by atoms with Crippen LogP contribution >= 0.6 is 0 Å². The molecule has 0 aliphatic heterocycles. The van der Waals surface area contributed by atoms with Crippen LogP contribution in [0.25, 0.3) is 0 Å². The number of nitro benzene ring substituents is 1. The normalized spacial score (nSPS) is 12.2. The summed E-state index contributed by atoms with van der Waals surface area (Å²) in [6.07, 6.45) is -0.908. The number of nitro groups is 1. The summed E-state index contributed by atoms with van der Waals surface area (Å²) in [6.45, 7) is 0.662. The maximum absolute atomic E-state index is 11.9. The molecule has 1 atom stereocenters. The van der Waals surface area contributed by atoms with Gasteiger partial charge in [0.25, 0.3) is 5.69 Å². The van der Waals surface area contributed by atoms with Gasteiger partial charge in [-0.25, -0.2) is 4.39 Å². The highest BCUT2D eigenvalue weighted by Crippen LogP contribution is 2.29. The van der Waals surface area contributed by atoms with Crippen LogP contribution in [0.1, 0.15) is 18.6 Å². The quantitative estimate of drug-likeness (QED) is 0.619. The number of nitrogens with zero attached hydrogens (tertiary/aromatic N) is 1. The summed E-state index contributed by atoms with van der Waals surface area (Å²) in [4.78, 5) is 9.96. The van der Waals surface area contributed by atoms with E-state index in [1.807, 2.05) is 0 Å². The number of hydrogen-bond donors (Lipinski definition) is 1. The van der Waals surface area contributed by atoms with Gasteiger partial charge in [-0.2, -0.15) is 0 Å². The third-order valence-electron chi connectivity index (χ3n) is 1.99. The van der Waals surface area contributed by atoms with E-state index in [0.717, 1.165) is 0 Å². The Labute approximate surface area is 91.6 Å². The Morgan fingerprint density at radius 3 is 2.81 bits per heavy atom. The molecular formula is C10H12FNO4. The van der Waals surface area contributed by atoms with Crippen LogP contribution in [0, 0.1) is 10.1 Å². The van der Waals surface area contributed by atoms with Crippen LogP contribution in [0.2, 0.25) is 0 Å². The minimum absolute atomic E-state index is 0.136. The van der Waals surface area contributed by atoms with Crippen LogP contribution in [-0.2, 0) is 0 Å². The number of aliphatic hydroxyl groups excluding tert-OH is 1. The molecule has 0 fully saturated rings. The molecule has 0 saturated carbocycles. The molecule has 1 N–H and O–H groups in total. The van der Waals surface area contributed by atoms with Gasteiger partial charge in [0.05, 0.1) is 11.0 Å². The molecule has 0 aliphatic rings. The first-order valence-corrected chi connectivity index (χ1v) is 4.71. The molecule has 6 heteroatoms. The number of halogens is 1. The summed E-state index contributed by atoms with van der Waals surface area (Å²) < 4.78 is 16.9. The highest BCUT2D eigenvalue weighted by molar-refractivity contribution is 5.44. The first-order chi connectivity index (χ1) is 7.56. The standard InChI is InChI=1S/C10H12FNO4/c1-7(13)9-6-8(12(14)15)2-3-10(9)16-5-4-11/h2-3,6-7,13H,4-5H2,1H3. The van der Waals surface area contributed by atoms with E-state index in [1.54, 1.807) is 0 Å². The van der Waals surface area contributed by atoms with E-state index >= 15 is 0 Å². The van der Waals surface area contributed by atoms with Crippen LogP contribution in [0.4, 0.5) is 10.1 Å². The van der Waals surface area contributed by atoms with Gasteiger partial charge in [-0.3, -0.25) is 10.1 Å². The second kappa shape index (κ2) is 5.41. The molecule has 0 aliphatic carbocycles. The maximum Gasteiger partial charge on any atom is 0.270 e. The first-order valence-electron chi connectivity index (χ1n) is 4.71. The molecule has 88 valence electrons. The number of ether oxygens (including phenoxy) is 1. The van der Waals surface area contributed by atoms with Crippen molar-refractivity contribution >= 4 is 5.69 Å². The molecule has 0 amide bonds. The number of aliphatic hydroxyl groups is 1. The monoisotopic (exact) mass is 229 g/mol. The van der Waals surface area contributed by atoms with E-state index in [9.17, 15) is 19.6 Å². The molecule has 0 aromatic heterocycles. The van der Waals surface area contributed by atoms with Crippen LogP contribution in [0.5, 0.6) is 5.75 Å². The van der Waals surface area contributed by atoms with Crippen molar-refractivity contribution in [3.8, 4) is 5.75 Å². The molecule has 0 spiro atoms. The average Bonchev–Trinajstić information content (AvgIpc) is 2.25. The molecule has 1 rings (SSSR count). The van der Waals surface area contributed by atoms with Gasteiger partial charge in [-0.15, -0.1) is 0 Å². The Hall–Kier alpha value is -1.69. The molecule has 1 aromatic carbocycles. The van der Waals surface area contributed by atoms with E-state index in [-0.39, 0.29) is 23.6 Å². The largest absolute Gasteiger partial charge is 0.490 e. The van der Waals surface area contributed by atoms with Gasteiger partial charge < -0.3 is 9.84 Å². The highest BCUT2D eigenvalue weighted by Gasteiger charge is 2.15. The predicted octanol–water partition coefficient (Wildman–Crippen LogP) is 2.00. The smallest absolute Gasteiger partial charge is 0.270 e. The Morgan fingerprint density at radius 2 is 2.31 bits per heavy atom. The number of alkyl halides is 1. The molecule has 16 heavy (non-hydrogen) atoms. The van der Waals surface area contributed by atoms with Crippen molar-refractivity contribution in [2.75, 3.05) is 13.3 Å². The SMILES string of the molecule is CC(O)c1cc([N+](=O)[O-])ccc1OCCF. The molecular weight excluding hydrogens is 217 g/mol. The molecule has 1 unspecified atom stereocenters. The van der Waals surface area contributed by atoms with Crippen molar-refractivity contribution in [1.29, 1.82) is 0 Å². The number of hydrogen-bond acceptors (Lipinski definition) is 4. The van der Waals surface area contributed by atoms with Crippen LogP contribution in [-0.4, -0.2) is 23.3 Å². The summed E-state index contributed by atoms with van der Waals surface area (Å²) in [6, 6.07) is 3.83. The summed E-state index contributed by atoms with van der Waals surface area (Å²) in [5, 5.41) is 19.9. The fraction of sp³-hybridized carbons (Fsp3) is 0.400. The maximum atomic E-state index is 11.9. The zero-order valence-corrected chi connectivity index (χ0v) is 8.72. The van der Waals surface area contributed by atoms with Crippen LogP contribution in [0.3, 0.4) is 0 Å². The van der Waals surface area contributed by atoms with E-state index in [2.05, 4.69) is 0 Å². The Balaban J connectivity index is 3.04. The Bertz CT molecular complexity index is 381. The lowest BCUT2D eigenvalue weighted by Crippen LogP contribution is -2.04. The van der Waals surface area contributed by atoms with Crippen molar-refractivity contribution in [2.24, 2.45) is 0 Å². The van der Waals surface area contributed by atoms with Gasteiger partial charge in [0.1, 0.15) is 19.0 Å². The van der Waals surface area contributed by atoms with Crippen molar-refractivity contribution in [2.45, 2.75) is 13.0 Å². The van der Waals surface area contributed by atoms with Gasteiger partial charge in [-0.05, 0) is 13.0 Å². The van der Waals surface area contributed by atoms with Crippen molar-refractivity contribution in [1.82, 2.24) is 0 Å². The third-order valence-corrected chi connectivity index (χ3v) is 1.99. The van der Waals surface area contributed by atoms with Gasteiger partial charge in [-0.1, -0.05) is 0 Å². The second-order valence-electron chi connectivity index (χ2n) is 3.19. The van der Waals surface area contributed by atoms with Crippen LogP contribution in [0.15, 0.2) is 18.2 Å². The summed E-state index contributed by atoms with van der Waals surface area (Å²) in [7, 11) is 0. The fourth-order valence-electron chi connectivity index (χ4n) is 1.26. The minimum Gasteiger partial charge on any atom is -0.490 e. The number of benzene rings is 1. The molecule has 0 heterocycles. The van der Waals surface area contributed by atoms with E-state index in [1.165, 1.54) is 25.1 Å². The fourth-order valence-corrected chi connectivity index (χ4v) is 1.26. The Morgan fingerprint density at radius 1 is 1.62 bits per heavy atom. The summed E-state index contributed by atoms with van der Waals surface area (Å²) in [5.41, 5.74) is 0.145. The van der Waals surface area contributed by atoms with Gasteiger partial charge in [0.2, 0.25) is 0 Å². The zero-order chi connectivity index (χ0) is 12.1. The predicted molar refractivity (Wildman–Crippen MR) is 55.2 cm³/mol. The Kier molecular flexibility index (Phi) is 4.19. The molecule has 5 nitrogen and oxygen atoms in total. The number of rotatable bonds is 5. The second-order valence-corrected chi connectivity index (χ2v) is 3.19. The lowest BCUT2D eigenvalue weighted by atomic mass is 10.1. The van der Waals surface area contributed by atoms with E-state index in [0.29, 0.717) is 0 Å². The minimum atomic E-state index is -0.908. The van der Waals surface area contributed by atoms with Crippen molar-refractivity contribution in [3.05, 3.63) is 33.9 Å². The first kappa shape index (κ1) is 12.4. The molecule has 0 radical (unpaired) electrons. The summed E-state index contributed by atoms with van der Waals surface area (Å²) >= 11 is 0. The highest BCUT2D eigenvalue weighted by atomic mass is 19.1. The summed E-state index contributed by atoms with van der Waals surface area (Å²) in [5.74, 6) is 0.262. The van der Waals surface area contributed by atoms with E-state index in [4.69, 9.17) is 4.74 Å². The van der Waals surface area contributed by atoms with Crippen molar-refractivity contribution < 1.29 is 19.2 Å². The van der Waals surface area contributed by atoms with Gasteiger partial charge in [0.15, 0.2) is 0 Å². The van der Waals surface area contributed by atoms with Gasteiger partial charge in [0, 0.05) is 17.7 Å². The molecule has 0 saturated heterocycles. The third kappa shape index (κ3) is 2.90. The lowest BCUT2D eigenvalue weighted by molar-refractivity contribution is -0.385.